The van der Waals surface area contributed by atoms with E-state index in [2.05, 4.69) is 0 Å². The highest BCUT2D eigenvalue weighted by atomic mass is 32.1. The normalized spacial score (nSPS) is 10.2. The van der Waals surface area contributed by atoms with Gasteiger partial charge < -0.3 is 14.4 Å². The second-order valence-electron chi connectivity index (χ2n) is 4.31. The minimum Gasteiger partial charge on any atom is -0.493 e. The van der Waals surface area contributed by atoms with Gasteiger partial charge in [0.2, 0.25) is 0 Å². The molecule has 0 atom stereocenters. The Kier molecular flexibility index (Phi) is 4.63. The van der Waals surface area contributed by atoms with Crippen LogP contribution in [0.4, 0.5) is 0 Å². The molecule has 20 heavy (non-hydrogen) atoms. The van der Waals surface area contributed by atoms with Crippen LogP contribution < -0.4 is 9.47 Å². The van der Waals surface area contributed by atoms with Gasteiger partial charge in [-0.05, 0) is 29.6 Å². The first-order chi connectivity index (χ1) is 9.65. The summed E-state index contributed by atoms with van der Waals surface area (Å²) >= 11 is 1.64. The Bertz CT molecular complexity index is 581. The molecule has 0 aliphatic carbocycles. The fourth-order valence-corrected chi connectivity index (χ4v) is 2.65. The molecule has 0 aliphatic heterocycles. The highest BCUT2D eigenvalue weighted by Crippen LogP contribution is 2.28. The number of ether oxygens (including phenoxy) is 2. The van der Waals surface area contributed by atoms with E-state index >= 15 is 0 Å². The maximum atomic E-state index is 12.4. The summed E-state index contributed by atoms with van der Waals surface area (Å²) < 4.78 is 10.4. The van der Waals surface area contributed by atoms with Crippen LogP contribution in [0.2, 0.25) is 0 Å². The van der Waals surface area contributed by atoms with Gasteiger partial charge in [-0.1, -0.05) is 6.07 Å². The molecular weight excluding hydrogens is 274 g/mol. The van der Waals surface area contributed by atoms with Gasteiger partial charge >= 0.3 is 0 Å². The summed E-state index contributed by atoms with van der Waals surface area (Å²) in [5.41, 5.74) is 0.585. The molecule has 0 radical (unpaired) electrons. The first-order valence-electron chi connectivity index (χ1n) is 6.15. The lowest BCUT2D eigenvalue weighted by atomic mass is 10.1. The van der Waals surface area contributed by atoms with E-state index in [1.807, 2.05) is 17.5 Å². The molecule has 0 aliphatic rings. The minimum absolute atomic E-state index is 0.0423. The van der Waals surface area contributed by atoms with Gasteiger partial charge in [-0.15, -0.1) is 11.3 Å². The molecule has 1 aromatic heterocycles. The smallest absolute Gasteiger partial charge is 0.254 e. The van der Waals surface area contributed by atoms with Gasteiger partial charge in [-0.3, -0.25) is 4.79 Å². The highest BCUT2D eigenvalue weighted by molar-refractivity contribution is 7.09. The van der Waals surface area contributed by atoms with E-state index in [1.165, 1.54) is 0 Å². The largest absolute Gasteiger partial charge is 0.493 e. The van der Waals surface area contributed by atoms with E-state index < -0.39 is 0 Å². The summed E-state index contributed by atoms with van der Waals surface area (Å²) in [7, 11) is 4.92. The van der Waals surface area contributed by atoms with Crippen molar-refractivity contribution in [3.63, 3.8) is 0 Å². The van der Waals surface area contributed by atoms with E-state index in [-0.39, 0.29) is 5.91 Å². The van der Waals surface area contributed by atoms with Crippen LogP contribution in [0.3, 0.4) is 0 Å². The number of rotatable bonds is 5. The summed E-state index contributed by atoms with van der Waals surface area (Å²) in [4.78, 5) is 15.2. The maximum Gasteiger partial charge on any atom is 0.254 e. The van der Waals surface area contributed by atoms with Crippen molar-refractivity contribution < 1.29 is 14.3 Å². The molecule has 0 saturated carbocycles. The minimum atomic E-state index is -0.0423. The standard InChI is InChI=1S/C15H17NO3S/c1-16(10-12-5-4-8-20-12)15(17)11-6-7-13(18-2)14(9-11)19-3/h4-9H,10H2,1-3H3. The van der Waals surface area contributed by atoms with Crippen molar-refractivity contribution in [1.82, 2.24) is 4.90 Å². The summed E-state index contributed by atoms with van der Waals surface area (Å²) in [6, 6.07) is 9.18. The number of amides is 1. The molecule has 2 aromatic rings. The van der Waals surface area contributed by atoms with Crippen molar-refractivity contribution in [2.24, 2.45) is 0 Å². The van der Waals surface area contributed by atoms with E-state index in [9.17, 15) is 4.79 Å². The predicted octanol–water partition coefficient (Wildman–Crippen LogP) is 3.04. The van der Waals surface area contributed by atoms with Crippen LogP contribution in [-0.2, 0) is 6.54 Å². The van der Waals surface area contributed by atoms with Gasteiger partial charge in [0.25, 0.3) is 5.91 Å². The van der Waals surface area contributed by atoms with E-state index in [0.717, 1.165) is 4.88 Å². The molecule has 0 bridgehead atoms. The average molecular weight is 291 g/mol. The second kappa shape index (κ2) is 6.43. The number of carbonyl (C=O) groups is 1. The molecule has 0 fully saturated rings. The number of carbonyl (C=O) groups excluding carboxylic acids is 1. The Hall–Kier alpha value is -2.01. The van der Waals surface area contributed by atoms with Crippen molar-refractivity contribution in [2.45, 2.75) is 6.54 Å². The van der Waals surface area contributed by atoms with Crippen molar-refractivity contribution in [2.75, 3.05) is 21.3 Å². The van der Waals surface area contributed by atoms with Gasteiger partial charge in [-0.2, -0.15) is 0 Å². The van der Waals surface area contributed by atoms with Crippen LogP contribution in [-0.4, -0.2) is 32.1 Å². The molecular formula is C15H17NO3S. The molecule has 0 saturated heterocycles. The lowest BCUT2D eigenvalue weighted by Gasteiger charge is -2.17. The van der Waals surface area contributed by atoms with Crippen LogP contribution in [0.1, 0.15) is 15.2 Å². The number of hydrogen-bond donors (Lipinski definition) is 0. The lowest BCUT2D eigenvalue weighted by molar-refractivity contribution is 0.0786. The topological polar surface area (TPSA) is 38.8 Å². The second-order valence-corrected chi connectivity index (χ2v) is 5.34. The molecule has 106 valence electrons. The third-order valence-electron chi connectivity index (χ3n) is 2.95. The van der Waals surface area contributed by atoms with Gasteiger partial charge in [0.15, 0.2) is 11.5 Å². The van der Waals surface area contributed by atoms with E-state index in [4.69, 9.17) is 9.47 Å². The SMILES string of the molecule is COc1ccc(C(=O)N(C)Cc2cccs2)cc1OC. The van der Waals surface area contributed by atoms with Crippen molar-refractivity contribution >= 4 is 17.2 Å². The zero-order chi connectivity index (χ0) is 14.5. The number of nitrogens with zero attached hydrogens (tertiary/aromatic N) is 1. The van der Waals surface area contributed by atoms with Gasteiger partial charge in [0, 0.05) is 17.5 Å². The predicted molar refractivity (Wildman–Crippen MR) is 79.7 cm³/mol. The highest BCUT2D eigenvalue weighted by Gasteiger charge is 2.15. The first kappa shape index (κ1) is 14.4. The molecule has 1 aromatic carbocycles. The van der Waals surface area contributed by atoms with E-state index in [1.54, 1.807) is 55.7 Å². The molecule has 4 nitrogen and oxygen atoms in total. The van der Waals surface area contributed by atoms with Gasteiger partial charge in [-0.25, -0.2) is 0 Å². The Morgan fingerprint density at radius 3 is 2.55 bits per heavy atom. The third kappa shape index (κ3) is 3.11. The summed E-state index contributed by atoms with van der Waals surface area (Å²) in [6.45, 7) is 0.602. The fourth-order valence-electron chi connectivity index (χ4n) is 1.90. The lowest BCUT2D eigenvalue weighted by Crippen LogP contribution is -2.25. The molecule has 5 heteroatoms. The summed E-state index contributed by atoms with van der Waals surface area (Å²) in [5, 5.41) is 2.00. The van der Waals surface area contributed by atoms with Crippen molar-refractivity contribution in [1.29, 1.82) is 0 Å². The Morgan fingerprint density at radius 2 is 1.95 bits per heavy atom. The number of hydrogen-bond acceptors (Lipinski definition) is 4. The maximum absolute atomic E-state index is 12.4. The number of methoxy groups -OCH3 is 2. The number of thiophene rings is 1. The van der Waals surface area contributed by atoms with E-state index in [0.29, 0.717) is 23.6 Å². The molecule has 0 spiro atoms. The fraction of sp³-hybridized carbons (Fsp3) is 0.267. The van der Waals surface area contributed by atoms with Crippen LogP contribution in [0, 0.1) is 0 Å². The quantitative estimate of drug-likeness (QED) is 0.850. The Balaban J connectivity index is 2.16. The number of benzene rings is 1. The van der Waals surface area contributed by atoms with Gasteiger partial charge in [0.05, 0.1) is 20.8 Å². The monoisotopic (exact) mass is 291 g/mol. The summed E-state index contributed by atoms with van der Waals surface area (Å²) in [5.74, 6) is 1.13. The third-order valence-corrected chi connectivity index (χ3v) is 3.81. The Morgan fingerprint density at radius 1 is 1.20 bits per heavy atom. The van der Waals surface area contributed by atoms with Gasteiger partial charge in [0.1, 0.15) is 0 Å². The van der Waals surface area contributed by atoms with Crippen molar-refractivity contribution in [3.8, 4) is 11.5 Å². The molecule has 1 heterocycles. The van der Waals surface area contributed by atoms with Crippen LogP contribution in [0.25, 0.3) is 0 Å². The zero-order valence-corrected chi connectivity index (χ0v) is 12.6. The molecule has 0 unspecified atom stereocenters. The molecule has 2 rings (SSSR count). The van der Waals surface area contributed by atoms with Crippen LogP contribution in [0.5, 0.6) is 11.5 Å². The van der Waals surface area contributed by atoms with Crippen LogP contribution in [0.15, 0.2) is 35.7 Å². The summed E-state index contributed by atoms with van der Waals surface area (Å²) in [6.07, 6.45) is 0. The first-order valence-corrected chi connectivity index (χ1v) is 7.03. The average Bonchev–Trinajstić information content (AvgIpc) is 2.98. The zero-order valence-electron chi connectivity index (χ0n) is 11.8. The van der Waals surface area contributed by atoms with Crippen LogP contribution >= 0.6 is 11.3 Å². The van der Waals surface area contributed by atoms with Crippen molar-refractivity contribution in [3.05, 3.63) is 46.2 Å². The molecule has 0 N–H and O–H groups in total. The molecule has 1 amide bonds. The Labute approximate surface area is 122 Å².